The van der Waals surface area contributed by atoms with Gasteiger partial charge in [0, 0.05) is 12.7 Å². The summed E-state index contributed by atoms with van der Waals surface area (Å²) >= 11 is 0. The molecule has 1 heterocycles. The first-order valence-electron chi connectivity index (χ1n) is 4.58. The number of carboxylic acid groups (broad SMARTS) is 1. The summed E-state index contributed by atoms with van der Waals surface area (Å²) in [7, 11) is 0. The van der Waals surface area contributed by atoms with Gasteiger partial charge in [0.1, 0.15) is 6.61 Å². The van der Waals surface area contributed by atoms with Gasteiger partial charge in [-0.05, 0) is 6.92 Å². The lowest BCUT2D eigenvalue weighted by molar-refractivity contribution is 0.0371. The van der Waals surface area contributed by atoms with Gasteiger partial charge in [-0.1, -0.05) is 5.16 Å². The van der Waals surface area contributed by atoms with Crippen LogP contribution in [0.4, 0.5) is 0 Å². The van der Waals surface area contributed by atoms with Crippen LogP contribution in [0.3, 0.4) is 0 Å². The minimum absolute atomic E-state index is 0.113. The van der Waals surface area contributed by atoms with Crippen molar-refractivity contribution in [1.82, 2.24) is 5.16 Å². The molecule has 6 nitrogen and oxygen atoms in total. The number of hydrogen-bond donors (Lipinski definition) is 1. The Kier molecular flexibility index (Phi) is 4.79. The van der Waals surface area contributed by atoms with Crippen molar-refractivity contribution in [3.8, 4) is 0 Å². The van der Waals surface area contributed by atoms with Gasteiger partial charge < -0.3 is 19.1 Å². The zero-order valence-corrected chi connectivity index (χ0v) is 8.43. The van der Waals surface area contributed by atoms with Crippen LogP contribution in [0.5, 0.6) is 0 Å². The second-order valence-corrected chi connectivity index (χ2v) is 2.73. The molecule has 0 fully saturated rings. The van der Waals surface area contributed by atoms with Crippen molar-refractivity contribution in [2.45, 2.75) is 13.5 Å². The minimum atomic E-state index is -1.11. The van der Waals surface area contributed by atoms with Crippen LogP contribution < -0.4 is 0 Å². The Hall–Kier alpha value is -1.40. The van der Waals surface area contributed by atoms with Crippen LogP contribution in [0.25, 0.3) is 0 Å². The molecule has 6 heteroatoms. The Morgan fingerprint density at radius 2 is 2.27 bits per heavy atom. The van der Waals surface area contributed by atoms with Crippen molar-refractivity contribution in [2.24, 2.45) is 0 Å². The van der Waals surface area contributed by atoms with E-state index >= 15 is 0 Å². The second kappa shape index (κ2) is 6.15. The summed E-state index contributed by atoms with van der Waals surface area (Å²) in [6.07, 6.45) is 0. The Morgan fingerprint density at radius 3 is 2.87 bits per heavy atom. The predicted octanol–water partition coefficient (Wildman–Crippen LogP) is 0.926. The predicted molar refractivity (Wildman–Crippen MR) is 49.6 cm³/mol. The maximum atomic E-state index is 10.4. The molecule has 0 bridgehead atoms. The van der Waals surface area contributed by atoms with E-state index in [4.69, 9.17) is 19.1 Å². The van der Waals surface area contributed by atoms with Crippen LogP contribution in [0, 0.1) is 0 Å². The first-order chi connectivity index (χ1) is 7.24. The van der Waals surface area contributed by atoms with Crippen LogP contribution in [-0.2, 0) is 16.1 Å². The Labute approximate surface area is 86.8 Å². The van der Waals surface area contributed by atoms with Crippen molar-refractivity contribution >= 4 is 5.97 Å². The molecule has 0 atom stereocenters. The second-order valence-electron chi connectivity index (χ2n) is 2.73. The summed E-state index contributed by atoms with van der Waals surface area (Å²) in [5.41, 5.74) is -0.113. The number of rotatable bonds is 7. The fraction of sp³-hybridized carbons (Fsp3) is 0.556. The molecule has 0 saturated heterocycles. The topological polar surface area (TPSA) is 81.8 Å². The molecular weight excluding hydrogens is 202 g/mol. The summed E-state index contributed by atoms with van der Waals surface area (Å²) in [6.45, 7) is 3.70. The molecule has 0 aliphatic carbocycles. The van der Waals surface area contributed by atoms with Gasteiger partial charge in [0.15, 0.2) is 11.5 Å². The number of carbonyl (C=O) groups is 1. The van der Waals surface area contributed by atoms with E-state index in [2.05, 4.69) is 5.16 Å². The van der Waals surface area contributed by atoms with Crippen molar-refractivity contribution in [1.29, 1.82) is 0 Å². The highest BCUT2D eigenvalue weighted by Gasteiger charge is 2.10. The van der Waals surface area contributed by atoms with Crippen molar-refractivity contribution in [3.63, 3.8) is 0 Å². The molecule has 0 aliphatic heterocycles. The first-order valence-corrected chi connectivity index (χ1v) is 4.58. The number of hydrogen-bond acceptors (Lipinski definition) is 5. The highest BCUT2D eigenvalue weighted by Crippen LogP contribution is 2.04. The average molecular weight is 215 g/mol. The minimum Gasteiger partial charge on any atom is -0.476 e. The molecule has 0 aromatic carbocycles. The van der Waals surface area contributed by atoms with Gasteiger partial charge in [-0.2, -0.15) is 0 Å². The first kappa shape index (κ1) is 11.7. The molecular formula is C9H13NO5. The molecule has 0 aliphatic rings. The monoisotopic (exact) mass is 215 g/mol. The molecule has 1 rings (SSSR count). The van der Waals surface area contributed by atoms with E-state index in [1.54, 1.807) is 0 Å². The highest BCUT2D eigenvalue weighted by molar-refractivity contribution is 5.85. The van der Waals surface area contributed by atoms with Gasteiger partial charge in [-0.25, -0.2) is 4.79 Å². The lowest BCUT2D eigenvalue weighted by Crippen LogP contribution is -2.03. The molecule has 0 amide bonds. The van der Waals surface area contributed by atoms with Crippen LogP contribution in [0.1, 0.15) is 23.2 Å². The fourth-order valence-electron chi connectivity index (χ4n) is 0.917. The number of ether oxygens (including phenoxy) is 2. The van der Waals surface area contributed by atoms with E-state index in [0.717, 1.165) is 0 Å². The third kappa shape index (κ3) is 4.09. The van der Waals surface area contributed by atoms with Crippen LogP contribution >= 0.6 is 0 Å². The summed E-state index contributed by atoms with van der Waals surface area (Å²) in [4.78, 5) is 10.4. The van der Waals surface area contributed by atoms with Crippen LogP contribution in [0.15, 0.2) is 10.6 Å². The van der Waals surface area contributed by atoms with Gasteiger partial charge in [0.25, 0.3) is 0 Å². The van der Waals surface area contributed by atoms with Crippen molar-refractivity contribution in [3.05, 3.63) is 17.5 Å². The average Bonchev–Trinajstić information content (AvgIpc) is 2.66. The summed E-state index contributed by atoms with van der Waals surface area (Å²) in [5, 5.41) is 11.9. The third-order valence-corrected chi connectivity index (χ3v) is 1.60. The molecule has 0 spiro atoms. The smallest absolute Gasteiger partial charge is 0.358 e. The van der Waals surface area contributed by atoms with Gasteiger partial charge in [0.2, 0.25) is 0 Å². The SMILES string of the molecule is CCOCCOCc1cc(C(=O)O)no1. The number of aromatic nitrogens is 1. The van der Waals surface area contributed by atoms with Gasteiger partial charge >= 0.3 is 5.97 Å². The molecule has 0 saturated carbocycles. The number of nitrogens with zero attached hydrogens (tertiary/aromatic N) is 1. The molecule has 1 aromatic rings. The third-order valence-electron chi connectivity index (χ3n) is 1.60. The highest BCUT2D eigenvalue weighted by atomic mass is 16.5. The van der Waals surface area contributed by atoms with Gasteiger partial charge in [-0.3, -0.25) is 0 Å². The lowest BCUT2D eigenvalue weighted by Gasteiger charge is -2.00. The standard InChI is InChI=1S/C9H13NO5/c1-2-13-3-4-14-6-7-5-8(9(11)12)10-15-7/h5H,2-4,6H2,1H3,(H,11,12). The Morgan fingerprint density at radius 1 is 1.53 bits per heavy atom. The van der Waals surface area contributed by atoms with E-state index in [0.29, 0.717) is 25.6 Å². The molecule has 1 N–H and O–H groups in total. The summed E-state index contributed by atoms with van der Waals surface area (Å²) in [5.74, 6) is -0.719. The largest absolute Gasteiger partial charge is 0.476 e. The van der Waals surface area contributed by atoms with Crippen molar-refractivity contribution in [2.75, 3.05) is 19.8 Å². The van der Waals surface area contributed by atoms with E-state index < -0.39 is 5.97 Å². The fourth-order valence-corrected chi connectivity index (χ4v) is 0.917. The number of carboxylic acids is 1. The van der Waals surface area contributed by atoms with Crippen LogP contribution in [-0.4, -0.2) is 36.1 Å². The molecule has 15 heavy (non-hydrogen) atoms. The molecule has 0 unspecified atom stereocenters. The van der Waals surface area contributed by atoms with E-state index in [1.165, 1.54) is 6.07 Å². The van der Waals surface area contributed by atoms with Gasteiger partial charge in [0.05, 0.1) is 13.2 Å². The Balaban J connectivity index is 2.23. The summed E-state index contributed by atoms with van der Waals surface area (Å²) < 4.78 is 14.9. The maximum absolute atomic E-state index is 10.4. The maximum Gasteiger partial charge on any atom is 0.358 e. The number of aromatic carboxylic acids is 1. The summed E-state index contributed by atoms with van der Waals surface area (Å²) in [6, 6.07) is 1.34. The zero-order valence-electron chi connectivity index (χ0n) is 8.43. The quantitative estimate of drug-likeness (QED) is 0.681. The Bertz CT molecular complexity index is 309. The van der Waals surface area contributed by atoms with Crippen molar-refractivity contribution < 1.29 is 23.9 Å². The van der Waals surface area contributed by atoms with E-state index in [1.807, 2.05) is 6.92 Å². The molecule has 0 radical (unpaired) electrons. The van der Waals surface area contributed by atoms with E-state index in [9.17, 15) is 4.79 Å². The zero-order chi connectivity index (χ0) is 11.1. The molecule has 1 aromatic heterocycles. The van der Waals surface area contributed by atoms with Crippen LogP contribution in [0.2, 0.25) is 0 Å². The lowest BCUT2D eigenvalue weighted by atomic mass is 10.4. The van der Waals surface area contributed by atoms with E-state index in [-0.39, 0.29) is 12.3 Å². The molecule has 84 valence electrons. The van der Waals surface area contributed by atoms with Gasteiger partial charge in [-0.15, -0.1) is 0 Å². The normalized spacial score (nSPS) is 10.5.